The third-order valence-corrected chi connectivity index (χ3v) is 2.37. The summed E-state index contributed by atoms with van der Waals surface area (Å²) in [5, 5.41) is 11.3. The summed E-state index contributed by atoms with van der Waals surface area (Å²) < 4.78 is 0. The van der Waals surface area contributed by atoms with Gasteiger partial charge in [-0.1, -0.05) is 17.9 Å². The monoisotopic (exact) mass is 267 g/mol. The van der Waals surface area contributed by atoms with Crippen LogP contribution in [0.4, 0.5) is 5.82 Å². The lowest BCUT2D eigenvalue weighted by Gasteiger charge is -2.03. The molecule has 0 aromatic carbocycles. The van der Waals surface area contributed by atoms with E-state index in [0.29, 0.717) is 17.9 Å². The lowest BCUT2D eigenvalue weighted by molar-refractivity contribution is 0.102. The number of nitrogens with zero attached hydrogens (tertiary/aromatic N) is 2. The Morgan fingerprint density at radius 3 is 2.90 bits per heavy atom. The van der Waals surface area contributed by atoms with E-state index in [1.165, 1.54) is 0 Å². The molecule has 1 amide bonds. The van der Waals surface area contributed by atoms with Gasteiger partial charge in [-0.15, -0.1) is 0 Å². The zero-order valence-corrected chi connectivity index (χ0v) is 10.7. The second-order valence-corrected chi connectivity index (χ2v) is 3.87. The summed E-state index contributed by atoms with van der Waals surface area (Å²) in [4.78, 5) is 19.9. The van der Waals surface area contributed by atoms with Crippen molar-refractivity contribution in [3.63, 3.8) is 0 Å². The molecule has 2 aromatic heterocycles. The fourth-order valence-electron chi connectivity index (χ4n) is 1.47. The van der Waals surface area contributed by atoms with Crippen molar-refractivity contribution in [2.24, 2.45) is 0 Å². The number of aromatic nitrogens is 2. The molecule has 0 aliphatic carbocycles. The summed E-state index contributed by atoms with van der Waals surface area (Å²) in [6.07, 6.45) is 3.54. The topological polar surface area (TPSA) is 75.1 Å². The maximum atomic E-state index is 11.9. The highest BCUT2D eigenvalue weighted by atomic mass is 16.2. The van der Waals surface area contributed by atoms with Crippen LogP contribution in [0.2, 0.25) is 0 Å². The number of amides is 1. The Hall–Kier alpha value is -2.71. The summed E-state index contributed by atoms with van der Waals surface area (Å²) in [7, 11) is 0. The Morgan fingerprint density at radius 2 is 2.15 bits per heavy atom. The van der Waals surface area contributed by atoms with Crippen molar-refractivity contribution < 1.29 is 9.90 Å². The number of hydrogen-bond acceptors (Lipinski definition) is 4. The number of carbonyl (C=O) groups is 1. The average Bonchev–Trinajstić information content (AvgIpc) is 2.49. The van der Waals surface area contributed by atoms with Gasteiger partial charge in [-0.3, -0.25) is 9.78 Å². The van der Waals surface area contributed by atoms with Gasteiger partial charge in [0.1, 0.15) is 11.5 Å². The molecule has 0 aliphatic heterocycles. The highest BCUT2D eigenvalue weighted by Crippen LogP contribution is 2.07. The zero-order chi connectivity index (χ0) is 14.2. The number of carbonyl (C=O) groups excluding carboxylic acids is 1. The van der Waals surface area contributed by atoms with E-state index < -0.39 is 0 Å². The number of rotatable bonds is 3. The van der Waals surface area contributed by atoms with E-state index in [4.69, 9.17) is 5.11 Å². The first-order valence-corrected chi connectivity index (χ1v) is 6.08. The van der Waals surface area contributed by atoms with Gasteiger partial charge in [0, 0.05) is 24.4 Å². The quantitative estimate of drug-likeness (QED) is 0.826. The lowest BCUT2D eigenvalue weighted by atomic mass is 10.2. The molecule has 2 heterocycles. The van der Waals surface area contributed by atoms with Crippen molar-refractivity contribution >= 4 is 11.7 Å². The van der Waals surface area contributed by atoms with Crippen molar-refractivity contribution in [3.8, 4) is 11.8 Å². The summed E-state index contributed by atoms with van der Waals surface area (Å²) >= 11 is 0. The third kappa shape index (κ3) is 3.90. The molecule has 0 unspecified atom stereocenters. The van der Waals surface area contributed by atoms with Crippen LogP contribution in [0, 0.1) is 11.8 Å². The molecule has 0 saturated heterocycles. The minimum atomic E-state index is -0.321. The highest BCUT2D eigenvalue weighted by molar-refractivity contribution is 6.02. The second-order valence-electron chi connectivity index (χ2n) is 3.87. The number of nitrogens with one attached hydrogen (secondary N) is 1. The molecule has 0 bridgehead atoms. The smallest absolute Gasteiger partial charge is 0.275 e. The first-order valence-electron chi connectivity index (χ1n) is 6.08. The molecular weight excluding hydrogens is 254 g/mol. The molecule has 0 radical (unpaired) electrons. The van der Waals surface area contributed by atoms with E-state index in [0.717, 1.165) is 5.56 Å². The molecule has 0 fully saturated rings. The van der Waals surface area contributed by atoms with E-state index in [-0.39, 0.29) is 12.5 Å². The number of aliphatic hydroxyl groups is 1. The van der Waals surface area contributed by atoms with Crippen LogP contribution in [0.3, 0.4) is 0 Å². The largest absolute Gasteiger partial charge is 0.395 e. The SMILES string of the molecule is O=C(Nc1cc(C#CCCO)ccn1)c1ccccn1. The Kier molecular flexibility index (Phi) is 4.81. The van der Waals surface area contributed by atoms with Crippen LogP contribution in [0.1, 0.15) is 22.5 Å². The van der Waals surface area contributed by atoms with E-state index in [2.05, 4.69) is 27.1 Å². The molecule has 2 N–H and O–H groups in total. The van der Waals surface area contributed by atoms with Crippen molar-refractivity contribution in [2.45, 2.75) is 6.42 Å². The lowest BCUT2D eigenvalue weighted by Crippen LogP contribution is -2.14. The minimum absolute atomic E-state index is 0.0291. The van der Waals surface area contributed by atoms with Gasteiger partial charge in [-0.2, -0.15) is 0 Å². The predicted octanol–water partition coefficient (Wildman–Crippen LogP) is 1.46. The van der Waals surface area contributed by atoms with Gasteiger partial charge in [0.25, 0.3) is 5.91 Å². The van der Waals surface area contributed by atoms with Crippen LogP contribution < -0.4 is 5.32 Å². The third-order valence-electron chi connectivity index (χ3n) is 2.37. The Labute approximate surface area is 116 Å². The molecule has 0 saturated carbocycles. The first-order chi connectivity index (χ1) is 9.79. The van der Waals surface area contributed by atoms with E-state index in [9.17, 15) is 4.79 Å². The second kappa shape index (κ2) is 7.02. The first kappa shape index (κ1) is 13.7. The van der Waals surface area contributed by atoms with Gasteiger partial charge in [-0.25, -0.2) is 4.98 Å². The molecule has 0 aliphatic rings. The predicted molar refractivity (Wildman–Crippen MR) is 75.0 cm³/mol. The number of anilines is 1. The fraction of sp³-hybridized carbons (Fsp3) is 0.133. The molecule has 100 valence electrons. The Bertz CT molecular complexity index is 645. The standard InChI is InChI=1S/C15H13N3O2/c19-10-4-2-5-12-7-9-17-14(11-12)18-15(20)13-6-1-3-8-16-13/h1,3,6-9,11,19H,4,10H2,(H,17,18,20). The van der Waals surface area contributed by atoms with Crippen molar-refractivity contribution in [1.29, 1.82) is 0 Å². The van der Waals surface area contributed by atoms with Crippen LogP contribution in [-0.4, -0.2) is 27.6 Å². The number of aliphatic hydroxyl groups excluding tert-OH is 1. The Balaban J connectivity index is 2.09. The summed E-state index contributed by atoms with van der Waals surface area (Å²) in [6, 6.07) is 8.52. The van der Waals surface area contributed by atoms with Crippen molar-refractivity contribution in [3.05, 3.63) is 54.0 Å². The molecule has 0 spiro atoms. The van der Waals surface area contributed by atoms with Crippen molar-refractivity contribution in [2.75, 3.05) is 11.9 Å². The van der Waals surface area contributed by atoms with Crippen LogP contribution in [0.15, 0.2) is 42.7 Å². The zero-order valence-electron chi connectivity index (χ0n) is 10.7. The van der Waals surface area contributed by atoms with Gasteiger partial charge in [0.2, 0.25) is 0 Å². The summed E-state index contributed by atoms with van der Waals surface area (Å²) in [5.41, 5.74) is 1.05. The molecular formula is C15H13N3O2. The molecule has 20 heavy (non-hydrogen) atoms. The van der Waals surface area contributed by atoms with E-state index >= 15 is 0 Å². The molecule has 5 nitrogen and oxygen atoms in total. The van der Waals surface area contributed by atoms with Crippen LogP contribution >= 0.6 is 0 Å². The highest BCUT2D eigenvalue weighted by Gasteiger charge is 2.07. The van der Waals surface area contributed by atoms with Gasteiger partial charge < -0.3 is 10.4 Å². The number of pyridine rings is 2. The van der Waals surface area contributed by atoms with Gasteiger partial charge in [0.05, 0.1) is 6.61 Å². The maximum absolute atomic E-state index is 11.9. The van der Waals surface area contributed by atoms with Crippen LogP contribution in [0.5, 0.6) is 0 Å². The molecule has 2 rings (SSSR count). The van der Waals surface area contributed by atoms with Crippen molar-refractivity contribution in [1.82, 2.24) is 9.97 Å². The minimum Gasteiger partial charge on any atom is -0.395 e. The maximum Gasteiger partial charge on any atom is 0.275 e. The van der Waals surface area contributed by atoms with Crippen LogP contribution in [-0.2, 0) is 0 Å². The summed E-state index contributed by atoms with van der Waals surface area (Å²) in [5.74, 6) is 5.79. The average molecular weight is 267 g/mol. The summed E-state index contributed by atoms with van der Waals surface area (Å²) in [6.45, 7) is 0.0291. The molecule has 2 aromatic rings. The fourth-order valence-corrected chi connectivity index (χ4v) is 1.47. The molecule has 0 atom stereocenters. The normalized spacial score (nSPS) is 9.45. The molecule has 5 heteroatoms. The Morgan fingerprint density at radius 1 is 1.25 bits per heavy atom. The van der Waals surface area contributed by atoms with Crippen LogP contribution in [0.25, 0.3) is 0 Å². The van der Waals surface area contributed by atoms with Gasteiger partial charge >= 0.3 is 0 Å². The van der Waals surface area contributed by atoms with E-state index in [1.54, 1.807) is 42.7 Å². The number of hydrogen-bond donors (Lipinski definition) is 2. The van der Waals surface area contributed by atoms with Gasteiger partial charge in [-0.05, 0) is 24.3 Å². The van der Waals surface area contributed by atoms with Gasteiger partial charge in [0.15, 0.2) is 0 Å². The van der Waals surface area contributed by atoms with E-state index in [1.807, 2.05) is 0 Å².